The normalized spacial score (nSPS) is 10.3. The fourth-order valence-electron chi connectivity index (χ4n) is 2.50. The van der Waals surface area contributed by atoms with Gasteiger partial charge in [0.1, 0.15) is 12.3 Å². The zero-order valence-electron chi connectivity index (χ0n) is 16.0. The van der Waals surface area contributed by atoms with Crippen molar-refractivity contribution in [2.24, 2.45) is 0 Å². The summed E-state index contributed by atoms with van der Waals surface area (Å²) in [4.78, 5) is 26.5. The standard InChI is InChI=1S/C18H23N3O6/c1-6-21(10-16(22)19-15-7-11(2)27-20-15)18(23)12-8-13(24-3)17(26-5)14(9-12)25-4/h7-9H,6,10H2,1-5H3,(H,19,20,22). The molecule has 1 heterocycles. The van der Waals surface area contributed by atoms with Gasteiger partial charge in [0.25, 0.3) is 5.91 Å². The number of nitrogens with zero attached hydrogens (tertiary/aromatic N) is 2. The lowest BCUT2D eigenvalue weighted by Crippen LogP contribution is -2.38. The van der Waals surface area contributed by atoms with E-state index in [9.17, 15) is 9.59 Å². The first-order valence-corrected chi connectivity index (χ1v) is 8.25. The van der Waals surface area contributed by atoms with Crippen molar-refractivity contribution in [3.05, 3.63) is 29.5 Å². The molecule has 0 aliphatic carbocycles. The summed E-state index contributed by atoms with van der Waals surface area (Å²) in [5.41, 5.74) is 0.316. The van der Waals surface area contributed by atoms with E-state index in [1.54, 1.807) is 32.0 Å². The molecule has 0 spiro atoms. The Morgan fingerprint density at radius 1 is 1.11 bits per heavy atom. The number of rotatable bonds is 8. The first kappa shape index (κ1) is 20.1. The van der Waals surface area contributed by atoms with Gasteiger partial charge in [-0.2, -0.15) is 0 Å². The molecule has 146 valence electrons. The third-order valence-electron chi connectivity index (χ3n) is 3.81. The third-order valence-corrected chi connectivity index (χ3v) is 3.81. The summed E-state index contributed by atoms with van der Waals surface area (Å²) in [7, 11) is 4.42. The van der Waals surface area contributed by atoms with Crippen LogP contribution in [0, 0.1) is 6.92 Å². The molecule has 9 heteroatoms. The molecule has 0 radical (unpaired) electrons. The molecule has 0 unspecified atom stereocenters. The SMILES string of the molecule is CCN(CC(=O)Nc1cc(C)on1)C(=O)c1cc(OC)c(OC)c(OC)c1. The summed E-state index contributed by atoms with van der Waals surface area (Å²) in [6, 6.07) is 4.69. The molecule has 1 aromatic heterocycles. The molecule has 0 atom stereocenters. The predicted molar refractivity (Wildman–Crippen MR) is 97.5 cm³/mol. The van der Waals surface area contributed by atoms with Crippen molar-refractivity contribution < 1.29 is 28.3 Å². The summed E-state index contributed by atoms with van der Waals surface area (Å²) in [5, 5.41) is 6.29. The van der Waals surface area contributed by atoms with Crippen LogP contribution in [0.15, 0.2) is 22.7 Å². The smallest absolute Gasteiger partial charge is 0.254 e. The molecule has 1 N–H and O–H groups in total. The van der Waals surface area contributed by atoms with Crippen LogP contribution in [0.1, 0.15) is 23.0 Å². The second-order valence-electron chi connectivity index (χ2n) is 5.60. The number of carbonyl (C=O) groups excluding carboxylic acids is 2. The van der Waals surface area contributed by atoms with E-state index in [4.69, 9.17) is 18.7 Å². The van der Waals surface area contributed by atoms with Gasteiger partial charge in [0.2, 0.25) is 11.7 Å². The molecular weight excluding hydrogens is 354 g/mol. The van der Waals surface area contributed by atoms with E-state index in [0.717, 1.165) is 0 Å². The summed E-state index contributed by atoms with van der Waals surface area (Å²) >= 11 is 0. The number of hydrogen-bond donors (Lipinski definition) is 1. The summed E-state index contributed by atoms with van der Waals surface area (Å²) in [5.74, 6) is 1.26. The molecule has 0 saturated carbocycles. The van der Waals surface area contributed by atoms with Crippen LogP contribution in [0.25, 0.3) is 0 Å². The van der Waals surface area contributed by atoms with Crippen molar-refractivity contribution in [3.63, 3.8) is 0 Å². The van der Waals surface area contributed by atoms with Crippen LogP contribution in [0.3, 0.4) is 0 Å². The number of methoxy groups -OCH3 is 3. The van der Waals surface area contributed by atoms with Gasteiger partial charge < -0.3 is 29.0 Å². The number of likely N-dealkylation sites (N-methyl/N-ethyl adjacent to an activating group) is 1. The number of aromatic nitrogens is 1. The van der Waals surface area contributed by atoms with E-state index in [1.165, 1.54) is 26.2 Å². The van der Waals surface area contributed by atoms with Gasteiger partial charge >= 0.3 is 0 Å². The number of hydrogen-bond acceptors (Lipinski definition) is 7. The minimum Gasteiger partial charge on any atom is -0.493 e. The van der Waals surface area contributed by atoms with Gasteiger partial charge in [-0.25, -0.2) is 0 Å². The minimum atomic E-state index is -0.383. The lowest BCUT2D eigenvalue weighted by atomic mass is 10.1. The number of amides is 2. The maximum absolute atomic E-state index is 12.9. The van der Waals surface area contributed by atoms with Crippen molar-refractivity contribution in [2.75, 3.05) is 39.7 Å². The number of anilines is 1. The van der Waals surface area contributed by atoms with Crippen LogP contribution in [0.4, 0.5) is 5.82 Å². The highest BCUT2D eigenvalue weighted by atomic mass is 16.5. The van der Waals surface area contributed by atoms with E-state index in [2.05, 4.69) is 10.5 Å². The van der Waals surface area contributed by atoms with E-state index in [1.807, 2.05) is 0 Å². The number of ether oxygens (including phenoxy) is 3. The summed E-state index contributed by atoms with van der Waals surface area (Å²) < 4.78 is 20.7. The minimum absolute atomic E-state index is 0.141. The molecule has 2 amide bonds. The van der Waals surface area contributed by atoms with Gasteiger partial charge in [0.05, 0.1) is 21.3 Å². The van der Waals surface area contributed by atoms with Gasteiger partial charge in [-0.1, -0.05) is 5.16 Å². The lowest BCUT2D eigenvalue weighted by molar-refractivity contribution is -0.116. The van der Waals surface area contributed by atoms with E-state index >= 15 is 0 Å². The monoisotopic (exact) mass is 377 g/mol. The van der Waals surface area contributed by atoms with Crippen molar-refractivity contribution in [1.82, 2.24) is 10.1 Å². The van der Waals surface area contributed by atoms with Crippen LogP contribution in [-0.2, 0) is 4.79 Å². The van der Waals surface area contributed by atoms with Crippen LogP contribution in [0.5, 0.6) is 17.2 Å². The number of nitrogens with one attached hydrogen (secondary N) is 1. The Balaban J connectivity index is 2.19. The Morgan fingerprint density at radius 2 is 1.74 bits per heavy atom. The quantitative estimate of drug-likeness (QED) is 0.751. The molecule has 0 saturated heterocycles. The van der Waals surface area contributed by atoms with Crippen molar-refractivity contribution in [1.29, 1.82) is 0 Å². The Hall–Kier alpha value is -3.23. The molecule has 0 bridgehead atoms. The first-order valence-electron chi connectivity index (χ1n) is 8.25. The maximum Gasteiger partial charge on any atom is 0.254 e. The van der Waals surface area contributed by atoms with Crippen LogP contribution >= 0.6 is 0 Å². The second-order valence-corrected chi connectivity index (χ2v) is 5.60. The Labute approximate surface area is 157 Å². The highest BCUT2D eigenvalue weighted by molar-refractivity contribution is 5.99. The van der Waals surface area contributed by atoms with Gasteiger partial charge in [0.15, 0.2) is 17.3 Å². The van der Waals surface area contributed by atoms with Crippen LogP contribution in [0.2, 0.25) is 0 Å². The Kier molecular flexibility index (Phi) is 6.64. The molecule has 27 heavy (non-hydrogen) atoms. The first-order chi connectivity index (χ1) is 12.9. The molecule has 2 rings (SSSR count). The van der Waals surface area contributed by atoms with Gasteiger partial charge in [0, 0.05) is 18.2 Å². The molecule has 9 nitrogen and oxygen atoms in total. The van der Waals surface area contributed by atoms with Gasteiger partial charge in [-0.05, 0) is 26.0 Å². The Morgan fingerprint density at radius 3 is 2.19 bits per heavy atom. The molecule has 1 aromatic carbocycles. The number of benzene rings is 1. The van der Waals surface area contributed by atoms with Crippen LogP contribution in [-0.4, -0.2) is 56.3 Å². The highest BCUT2D eigenvalue weighted by Crippen LogP contribution is 2.38. The fourth-order valence-corrected chi connectivity index (χ4v) is 2.50. The zero-order chi connectivity index (χ0) is 20.0. The topological polar surface area (TPSA) is 103 Å². The summed E-state index contributed by atoms with van der Waals surface area (Å²) in [6.45, 7) is 3.69. The van der Waals surface area contributed by atoms with Crippen LogP contribution < -0.4 is 19.5 Å². The molecule has 2 aromatic rings. The molecule has 0 aliphatic heterocycles. The average molecular weight is 377 g/mol. The fraction of sp³-hybridized carbons (Fsp3) is 0.389. The van der Waals surface area contributed by atoms with E-state index in [-0.39, 0.29) is 18.4 Å². The molecular formula is C18H23N3O6. The Bertz CT molecular complexity index is 792. The predicted octanol–water partition coefficient (Wildman–Crippen LogP) is 2.11. The molecule has 0 aliphatic rings. The second kappa shape index (κ2) is 8.93. The van der Waals surface area contributed by atoms with Crippen molar-refractivity contribution >= 4 is 17.6 Å². The highest BCUT2D eigenvalue weighted by Gasteiger charge is 2.22. The van der Waals surface area contributed by atoms with E-state index in [0.29, 0.717) is 40.9 Å². The zero-order valence-corrected chi connectivity index (χ0v) is 16.0. The third kappa shape index (κ3) is 4.69. The summed E-state index contributed by atoms with van der Waals surface area (Å²) in [6.07, 6.45) is 0. The lowest BCUT2D eigenvalue weighted by Gasteiger charge is -2.21. The van der Waals surface area contributed by atoms with Crippen molar-refractivity contribution in [2.45, 2.75) is 13.8 Å². The van der Waals surface area contributed by atoms with Crippen molar-refractivity contribution in [3.8, 4) is 17.2 Å². The van der Waals surface area contributed by atoms with Gasteiger partial charge in [-0.3, -0.25) is 9.59 Å². The largest absolute Gasteiger partial charge is 0.493 e. The number of aryl methyl sites for hydroxylation is 1. The maximum atomic E-state index is 12.9. The average Bonchev–Trinajstić information content (AvgIpc) is 3.08. The van der Waals surface area contributed by atoms with E-state index < -0.39 is 0 Å². The van der Waals surface area contributed by atoms with Gasteiger partial charge in [-0.15, -0.1) is 0 Å². The molecule has 0 fully saturated rings. The number of carbonyl (C=O) groups is 2.